The molecule has 2 rings (SSSR count). The third kappa shape index (κ3) is 3.78. The molecule has 0 amide bonds. The lowest BCUT2D eigenvalue weighted by molar-refractivity contribution is 0.569. The Morgan fingerprint density at radius 2 is 2.00 bits per heavy atom. The fraction of sp³-hybridized carbons (Fsp3) is 0.200. The molecule has 0 aromatic heterocycles. The van der Waals surface area contributed by atoms with E-state index >= 15 is 0 Å². The van der Waals surface area contributed by atoms with E-state index in [1.54, 1.807) is 6.07 Å². The van der Waals surface area contributed by atoms with Crippen LogP contribution in [-0.4, -0.2) is 0 Å². The molecule has 0 aliphatic carbocycles. The maximum atomic E-state index is 13.0. The molecular formula is C15H14BrClFN. The average Bonchev–Trinajstić information content (AvgIpc) is 2.37. The smallest absolute Gasteiger partial charge is 0.124 e. The largest absolute Gasteiger partial charge is 0.306 e. The van der Waals surface area contributed by atoms with Crippen LogP contribution in [0.5, 0.6) is 0 Å². The van der Waals surface area contributed by atoms with Crippen LogP contribution in [-0.2, 0) is 6.54 Å². The highest BCUT2D eigenvalue weighted by atomic mass is 79.9. The summed E-state index contributed by atoms with van der Waals surface area (Å²) in [6.45, 7) is 2.71. The molecule has 2 aromatic rings. The lowest BCUT2D eigenvalue weighted by Crippen LogP contribution is -2.18. The van der Waals surface area contributed by atoms with Crippen molar-refractivity contribution >= 4 is 27.5 Å². The highest BCUT2D eigenvalue weighted by molar-refractivity contribution is 9.10. The van der Waals surface area contributed by atoms with Crippen LogP contribution in [0.2, 0.25) is 5.02 Å². The Morgan fingerprint density at radius 1 is 1.26 bits per heavy atom. The standard InChI is InChI=1S/C15H14BrClFN/c1-10(13-7-6-12(18)8-14(13)16)19-9-11-4-2-3-5-15(11)17/h2-8,10,19H,9H2,1H3. The molecule has 19 heavy (non-hydrogen) atoms. The van der Waals surface area contributed by atoms with Crippen molar-refractivity contribution in [2.24, 2.45) is 0 Å². The summed E-state index contributed by atoms with van der Waals surface area (Å²) in [5, 5.41) is 4.13. The fourth-order valence-electron chi connectivity index (χ4n) is 1.87. The van der Waals surface area contributed by atoms with Crippen LogP contribution in [0.1, 0.15) is 24.1 Å². The molecule has 0 saturated carbocycles. The van der Waals surface area contributed by atoms with Gasteiger partial charge in [-0.2, -0.15) is 0 Å². The van der Waals surface area contributed by atoms with Gasteiger partial charge in [-0.15, -0.1) is 0 Å². The number of hydrogen-bond acceptors (Lipinski definition) is 1. The van der Waals surface area contributed by atoms with E-state index in [-0.39, 0.29) is 11.9 Å². The Morgan fingerprint density at radius 3 is 2.68 bits per heavy atom. The first kappa shape index (κ1) is 14.5. The Bertz CT molecular complexity index is 574. The second kappa shape index (κ2) is 6.51. The van der Waals surface area contributed by atoms with Gasteiger partial charge in [0.2, 0.25) is 0 Å². The molecule has 0 saturated heterocycles. The zero-order chi connectivity index (χ0) is 13.8. The van der Waals surface area contributed by atoms with Crippen molar-refractivity contribution in [1.29, 1.82) is 0 Å². The quantitative estimate of drug-likeness (QED) is 0.816. The summed E-state index contributed by atoms with van der Waals surface area (Å²) in [6.07, 6.45) is 0. The molecule has 1 unspecified atom stereocenters. The van der Waals surface area contributed by atoms with E-state index < -0.39 is 0 Å². The highest BCUT2D eigenvalue weighted by Crippen LogP contribution is 2.25. The van der Waals surface area contributed by atoms with Gasteiger partial charge >= 0.3 is 0 Å². The van der Waals surface area contributed by atoms with E-state index in [0.29, 0.717) is 6.54 Å². The Hall–Kier alpha value is -0.900. The molecule has 100 valence electrons. The molecule has 2 aromatic carbocycles. The average molecular weight is 343 g/mol. The van der Waals surface area contributed by atoms with Crippen LogP contribution in [0.25, 0.3) is 0 Å². The van der Waals surface area contributed by atoms with Gasteiger partial charge in [0.25, 0.3) is 0 Å². The van der Waals surface area contributed by atoms with E-state index in [1.807, 2.05) is 31.2 Å². The first-order valence-corrected chi connectivity index (χ1v) is 7.17. The maximum Gasteiger partial charge on any atom is 0.124 e. The molecule has 0 bridgehead atoms. The summed E-state index contributed by atoms with van der Waals surface area (Å²) in [5.41, 5.74) is 2.07. The van der Waals surface area contributed by atoms with Gasteiger partial charge < -0.3 is 5.32 Å². The first-order chi connectivity index (χ1) is 9.08. The van der Waals surface area contributed by atoms with Crippen LogP contribution in [0.4, 0.5) is 4.39 Å². The molecule has 4 heteroatoms. The van der Waals surface area contributed by atoms with Crippen molar-refractivity contribution in [3.63, 3.8) is 0 Å². The third-order valence-corrected chi connectivity index (χ3v) is 4.04. The summed E-state index contributed by atoms with van der Waals surface area (Å²) >= 11 is 9.49. The van der Waals surface area contributed by atoms with Crippen LogP contribution < -0.4 is 5.32 Å². The normalized spacial score (nSPS) is 12.4. The Balaban J connectivity index is 2.05. The van der Waals surface area contributed by atoms with Crippen LogP contribution in [0, 0.1) is 5.82 Å². The number of hydrogen-bond donors (Lipinski definition) is 1. The Labute approximate surface area is 125 Å². The number of halogens is 3. The number of rotatable bonds is 4. The number of benzene rings is 2. The maximum absolute atomic E-state index is 13.0. The molecule has 0 heterocycles. The zero-order valence-corrected chi connectivity index (χ0v) is 12.8. The van der Waals surface area contributed by atoms with Gasteiger partial charge in [-0.1, -0.05) is 51.8 Å². The van der Waals surface area contributed by atoms with Gasteiger partial charge in [0, 0.05) is 22.1 Å². The molecular weight excluding hydrogens is 329 g/mol. The van der Waals surface area contributed by atoms with Crippen molar-refractivity contribution in [3.05, 3.63) is 68.9 Å². The lowest BCUT2D eigenvalue weighted by atomic mass is 10.1. The minimum absolute atomic E-state index is 0.103. The van der Waals surface area contributed by atoms with Crippen molar-refractivity contribution in [2.75, 3.05) is 0 Å². The molecule has 0 aliphatic heterocycles. The van der Waals surface area contributed by atoms with Crippen molar-refractivity contribution in [3.8, 4) is 0 Å². The first-order valence-electron chi connectivity index (χ1n) is 5.99. The second-order valence-corrected chi connectivity index (χ2v) is 5.62. The minimum atomic E-state index is -0.242. The van der Waals surface area contributed by atoms with Gasteiger partial charge in [0.1, 0.15) is 5.82 Å². The molecule has 0 fully saturated rings. The molecule has 1 atom stereocenters. The molecule has 0 aliphatic rings. The van der Waals surface area contributed by atoms with Gasteiger partial charge in [-0.25, -0.2) is 4.39 Å². The van der Waals surface area contributed by atoms with Gasteiger partial charge in [0.05, 0.1) is 0 Å². The summed E-state index contributed by atoms with van der Waals surface area (Å²) in [5.74, 6) is -0.242. The lowest BCUT2D eigenvalue weighted by Gasteiger charge is -2.16. The van der Waals surface area contributed by atoms with E-state index in [9.17, 15) is 4.39 Å². The van der Waals surface area contributed by atoms with Gasteiger partial charge in [-0.05, 0) is 36.2 Å². The minimum Gasteiger partial charge on any atom is -0.306 e. The molecule has 1 nitrogen and oxygen atoms in total. The summed E-state index contributed by atoms with van der Waals surface area (Å²) in [7, 11) is 0. The third-order valence-electron chi connectivity index (χ3n) is 2.99. The van der Waals surface area contributed by atoms with Crippen LogP contribution in [0.15, 0.2) is 46.9 Å². The summed E-state index contributed by atoms with van der Waals surface area (Å²) < 4.78 is 13.8. The van der Waals surface area contributed by atoms with Gasteiger partial charge in [0.15, 0.2) is 0 Å². The molecule has 0 spiro atoms. The second-order valence-electron chi connectivity index (χ2n) is 4.36. The topological polar surface area (TPSA) is 12.0 Å². The summed E-state index contributed by atoms with van der Waals surface area (Å²) in [4.78, 5) is 0. The Kier molecular flexibility index (Phi) is 4.97. The molecule has 0 radical (unpaired) electrons. The van der Waals surface area contributed by atoms with Crippen LogP contribution in [0.3, 0.4) is 0 Å². The predicted octanol–water partition coefficient (Wildman–Crippen LogP) is 5.09. The van der Waals surface area contributed by atoms with E-state index in [1.165, 1.54) is 12.1 Å². The summed E-state index contributed by atoms with van der Waals surface area (Å²) in [6, 6.07) is 12.6. The van der Waals surface area contributed by atoms with Gasteiger partial charge in [-0.3, -0.25) is 0 Å². The predicted molar refractivity (Wildman–Crippen MR) is 80.8 cm³/mol. The SMILES string of the molecule is CC(NCc1ccccc1Cl)c1ccc(F)cc1Br. The van der Waals surface area contributed by atoms with Crippen LogP contribution >= 0.6 is 27.5 Å². The van der Waals surface area contributed by atoms with E-state index in [2.05, 4.69) is 21.2 Å². The molecule has 1 N–H and O–H groups in total. The highest BCUT2D eigenvalue weighted by Gasteiger charge is 2.10. The number of nitrogens with one attached hydrogen (secondary N) is 1. The van der Waals surface area contributed by atoms with Crippen molar-refractivity contribution in [2.45, 2.75) is 19.5 Å². The fourth-order valence-corrected chi connectivity index (χ4v) is 2.76. The van der Waals surface area contributed by atoms with E-state index in [4.69, 9.17) is 11.6 Å². The zero-order valence-electron chi connectivity index (χ0n) is 10.5. The van der Waals surface area contributed by atoms with Crippen molar-refractivity contribution < 1.29 is 4.39 Å². The van der Waals surface area contributed by atoms with Crippen molar-refractivity contribution in [1.82, 2.24) is 5.32 Å². The monoisotopic (exact) mass is 341 g/mol. The van der Waals surface area contributed by atoms with E-state index in [0.717, 1.165) is 20.6 Å².